The molecule has 1 fully saturated rings. The van der Waals surface area contributed by atoms with Gasteiger partial charge in [0.25, 0.3) is 5.91 Å². The summed E-state index contributed by atoms with van der Waals surface area (Å²) in [6.45, 7) is 3.78. The van der Waals surface area contributed by atoms with E-state index < -0.39 is 0 Å². The average molecular weight is 439 g/mol. The molecule has 1 amide bonds. The van der Waals surface area contributed by atoms with E-state index in [1.54, 1.807) is 17.0 Å². The molecule has 0 spiro atoms. The summed E-state index contributed by atoms with van der Waals surface area (Å²) in [7, 11) is 0. The molecular weight excluding hydrogens is 416 g/mol. The van der Waals surface area contributed by atoms with Gasteiger partial charge in [0.05, 0.1) is 0 Å². The quantitative estimate of drug-likeness (QED) is 0.585. The van der Waals surface area contributed by atoms with Gasteiger partial charge in [-0.25, -0.2) is 0 Å². The Labute approximate surface area is 185 Å². The van der Waals surface area contributed by atoms with E-state index in [0.29, 0.717) is 18.1 Å². The third-order valence-corrected chi connectivity index (χ3v) is 5.48. The smallest absolute Gasteiger partial charge is 0.289 e. The van der Waals surface area contributed by atoms with E-state index in [2.05, 4.69) is 17.0 Å². The lowest BCUT2D eigenvalue weighted by Gasteiger charge is -2.34. The molecule has 0 radical (unpaired) electrons. The molecule has 0 atom stereocenters. The predicted octanol–water partition coefficient (Wildman–Crippen LogP) is 3.83. The van der Waals surface area contributed by atoms with Crippen LogP contribution in [0.3, 0.4) is 0 Å². The Kier molecular flexibility index (Phi) is 6.70. The van der Waals surface area contributed by atoms with Crippen molar-refractivity contribution in [2.45, 2.75) is 13.2 Å². The van der Waals surface area contributed by atoms with E-state index in [4.69, 9.17) is 20.8 Å². The highest BCUT2D eigenvalue weighted by molar-refractivity contribution is 6.30. The highest BCUT2D eigenvalue weighted by Gasteiger charge is 2.24. The first-order valence-electron chi connectivity index (χ1n) is 10.1. The molecule has 0 unspecified atom stereocenters. The van der Waals surface area contributed by atoms with Crippen LogP contribution < -0.4 is 10.2 Å². The normalized spacial score (nSPS) is 14.4. The van der Waals surface area contributed by atoms with E-state index in [-0.39, 0.29) is 29.5 Å². The largest absolute Gasteiger partial charge is 0.482 e. The average Bonchev–Trinajstić information content (AvgIpc) is 2.80. The first kappa shape index (κ1) is 21.2. The Hall–Kier alpha value is -3.09. The number of piperazine rings is 1. The molecule has 4 rings (SSSR count). The van der Waals surface area contributed by atoms with Crippen molar-refractivity contribution in [3.63, 3.8) is 0 Å². The van der Waals surface area contributed by atoms with Crippen molar-refractivity contribution in [1.82, 2.24) is 9.80 Å². The molecule has 0 bridgehead atoms. The highest BCUT2D eigenvalue weighted by atomic mass is 35.5. The molecule has 7 heteroatoms. The maximum Gasteiger partial charge on any atom is 0.289 e. The van der Waals surface area contributed by atoms with Gasteiger partial charge in [-0.05, 0) is 23.3 Å². The minimum Gasteiger partial charge on any atom is -0.482 e. The molecule has 1 saturated heterocycles. The molecule has 1 aliphatic rings. The molecule has 3 aromatic rings. The lowest BCUT2D eigenvalue weighted by atomic mass is 10.2. The van der Waals surface area contributed by atoms with Gasteiger partial charge in [-0.1, -0.05) is 54.1 Å². The Morgan fingerprint density at radius 1 is 0.968 bits per heavy atom. The van der Waals surface area contributed by atoms with Crippen LogP contribution in [0, 0.1) is 0 Å². The fraction of sp³-hybridized carbons (Fsp3) is 0.250. The Morgan fingerprint density at radius 2 is 1.68 bits per heavy atom. The van der Waals surface area contributed by atoms with E-state index in [0.717, 1.165) is 25.2 Å². The van der Waals surface area contributed by atoms with E-state index in [1.165, 1.54) is 17.9 Å². The number of nitrogens with zero attached hydrogens (tertiary/aromatic N) is 2. The first-order chi connectivity index (χ1) is 15.1. The standard InChI is InChI=1S/C24H23ClN2O4/c25-20-8-6-19(7-9-20)16-30-23-17-31-22(14-21(23)28)24(29)27-12-10-26(11-13-27)15-18-4-2-1-3-5-18/h1-9,14,17H,10-13,15-16H2. The zero-order valence-electron chi connectivity index (χ0n) is 17.0. The van der Waals surface area contributed by atoms with Crippen LogP contribution in [-0.2, 0) is 13.2 Å². The van der Waals surface area contributed by atoms with Crippen LogP contribution in [0.15, 0.2) is 76.1 Å². The molecule has 2 heterocycles. The second-order valence-corrected chi connectivity index (χ2v) is 7.88. The third-order valence-electron chi connectivity index (χ3n) is 5.22. The van der Waals surface area contributed by atoms with E-state index in [1.807, 2.05) is 30.3 Å². The van der Waals surface area contributed by atoms with Crippen molar-refractivity contribution in [1.29, 1.82) is 0 Å². The molecule has 1 aromatic heterocycles. The summed E-state index contributed by atoms with van der Waals surface area (Å²) in [4.78, 5) is 29.2. The van der Waals surface area contributed by atoms with Crippen molar-refractivity contribution >= 4 is 17.5 Å². The zero-order chi connectivity index (χ0) is 21.6. The Morgan fingerprint density at radius 3 is 2.35 bits per heavy atom. The minimum atomic E-state index is -0.383. The number of hydrogen-bond donors (Lipinski definition) is 0. The summed E-state index contributed by atoms with van der Waals surface area (Å²) in [6, 6.07) is 18.6. The Balaban J connectivity index is 1.32. The van der Waals surface area contributed by atoms with Gasteiger partial charge in [0.15, 0.2) is 5.76 Å². The van der Waals surface area contributed by atoms with Crippen molar-refractivity contribution < 1.29 is 13.9 Å². The van der Waals surface area contributed by atoms with Crippen molar-refractivity contribution in [3.05, 3.63) is 99.1 Å². The molecule has 1 aliphatic heterocycles. The van der Waals surface area contributed by atoms with Gasteiger partial charge in [0.2, 0.25) is 11.2 Å². The number of carbonyl (C=O) groups is 1. The lowest BCUT2D eigenvalue weighted by Crippen LogP contribution is -2.48. The fourth-order valence-electron chi connectivity index (χ4n) is 3.46. The van der Waals surface area contributed by atoms with Crippen molar-refractivity contribution in [2.24, 2.45) is 0 Å². The van der Waals surface area contributed by atoms with Crippen molar-refractivity contribution in [2.75, 3.05) is 26.2 Å². The summed E-state index contributed by atoms with van der Waals surface area (Å²) in [6.07, 6.45) is 1.21. The number of hydrogen-bond acceptors (Lipinski definition) is 5. The molecule has 0 aliphatic carbocycles. The molecular formula is C24H23ClN2O4. The van der Waals surface area contributed by atoms with Crippen LogP contribution in [0.4, 0.5) is 0 Å². The van der Waals surface area contributed by atoms with Crippen molar-refractivity contribution in [3.8, 4) is 5.75 Å². The zero-order valence-corrected chi connectivity index (χ0v) is 17.8. The summed E-state index contributed by atoms with van der Waals surface area (Å²) in [5.41, 5.74) is 1.74. The Bertz CT molecular complexity index is 1070. The van der Waals surface area contributed by atoms with Crippen LogP contribution in [0.5, 0.6) is 5.75 Å². The van der Waals surface area contributed by atoms with E-state index in [9.17, 15) is 9.59 Å². The van der Waals surface area contributed by atoms with Gasteiger partial charge >= 0.3 is 0 Å². The summed E-state index contributed by atoms with van der Waals surface area (Å²) < 4.78 is 11.0. The summed E-state index contributed by atoms with van der Waals surface area (Å²) in [5, 5.41) is 0.632. The van der Waals surface area contributed by atoms with Gasteiger partial charge in [-0.15, -0.1) is 0 Å². The van der Waals surface area contributed by atoms with Gasteiger partial charge in [-0.3, -0.25) is 14.5 Å². The van der Waals surface area contributed by atoms with Gasteiger partial charge < -0.3 is 14.1 Å². The molecule has 6 nitrogen and oxygen atoms in total. The van der Waals surface area contributed by atoms with Gasteiger partial charge in [-0.2, -0.15) is 0 Å². The van der Waals surface area contributed by atoms with Crippen LogP contribution in [0.25, 0.3) is 0 Å². The number of benzene rings is 2. The molecule has 31 heavy (non-hydrogen) atoms. The molecule has 160 valence electrons. The number of carbonyl (C=O) groups excluding carboxylic acids is 1. The van der Waals surface area contributed by atoms with Crippen LogP contribution in [0.2, 0.25) is 5.02 Å². The minimum absolute atomic E-state index is 0.0281. The number of amides is 1. The predicted molar refractivity (Wildman–Crippen MR) is 118 cm³/mol. The van der Waals surface area contributed by atoms with E-state index >= 15 is 0 Å². The lowest BCUT2D eigenvalue weighted by molar-refractivity contribution is 0.0594. The summed E-state index contributed by atoms with van der Waals surface area (Å²) in [5.74, 6) is -0.180. The van der Waals surface area contributed by atoms with Crippen LogP contribution >= 0.6 is 11.6 Å². The number of ether oxygens (including phenoxy) is 1. The third kappa shape index (κ3) is 5.54. The molecule has 0 N–H and O–H groups in total. The highest BCUT2D eigenvalue weighted by Crippen LogP contribution is 2.15. The van der Waals surface area contributed by atoms with Crippen LogP contribution in [0.1, 0.15) is 21.7 Å². The second-order valence-electron chi connectivity index (χ2n) is 7.44. The first-order valence-corrected chi connectivity index (χ1v) is 10.5. The number of rotatable bonds is 6. The molecule has 0 saturated carbocycles. The fourth-order valence-corrected chi connectivity index (χ4v) is 3.59. The van der Waals surface area contributed by atoms with Crippen LogP contribution in [-0.4, -0.2) is 41.9 Å². The van der Waals surface area contributed by atoms with Gasteiger partial charge in [0, 0.05) is 43.8 Å². The maximum atomic E-state index is 12.8. The SMILES string of the molecule is O=C(c1cc(=O)c(OCc2ccc(Cl)cc2)co1)N1CCN(Cc2ccccc2)CC1. The second kappa shape index (κ2) is 9.81. The number of halogens is 1. The molecule has 2 aromatic carbocycles. The topological polar surface area (TPSA) is 63.0 Å². The maximum absolute atomic E-state index is 12.8. The van der Waals surface area contributed by atoms with Gasteiger partial charge in [0.1, 0.15) is 12.9 Å². The monoisotopic (exact) mass is 438 g/mol. The summed E-state index contributed by atoms with van der Waals surface area (Å²) >= 11 is 5.87.